The van der Waals surface area contributed by atoms with Crippen molar-refractivity contribution >= 4 is 0 Å². The molecule has 0 aromatic rings. The molecule has 2 heteroatoms. The monoisotopic (exact) mass is 129 g/mol. The predicted molar refractivity (Wildman–Crippen MR) is 37.5 cm³/mol. The topological polar surface area (TPSA) is 12.5 Å². The highest BCUT2D eigenvalue weighted by molar-refractivity contribution is 4.69. The maximum absolute atomic E-state index is 5.51. The maximum Gasteiger partial charge on any atom is 0.0678 e. The summed E-state index contributed by atoms with van der Waals surface area (Å²) in [5.74, 6) is 0. The number of hydrogen-bond donors (Lipinski definition) is 0. The van der Waals surface area contributed by atoms with Crippen molar-refractivity contribution < 1.29 is 4.74 Å². The fourth-order valence-corrected chi connectivity index (χ4v) is 1.44. The fraction of sp³-hybridized carbons (Fsp3) is 1.00. The standard InChI is InChI=1S/C7H15NO/c1-6-4-8(3)5-7(2)9-6/h6-7H,4-5H2,1-3H3/t6-,7?/m1/s1. The highest BCUT2D eigenvalue weighted by Crippen LogP contribution is 2.07. The summed E-state index contributed by atoms with van der Waals surface area (Å²) in [6.07, 6.45) is 0.831. The van der Waals surface area contributed by atoms with Gasteiger partial charge in [0.2, 0.25) is 0 Å². The van der Waals surface area contributed by atoms with Gasteiger partial charge in [0.15, 0.2) is 0 Å². The summed E-state index contributed by atoms with van der Waals surface area (Å²) in [6, 6.07) is 0. The van der Waals surface area contributed by atoms with E-state index in [9.17, 15) is 0 Å². The van der Waals surface area contributed by atoms with Crippen molar-refractivity contribution in [2.75, 3.05) is 20.1 Å². The second-order valence-electron chi connectivity index (χ2n) is 2.98. The van der Waals surface area contributed by atoms with Gasteiger partial charge >= 0.3 is 0 Å². The van der Waals surface area contributed by atoms with Crippen molar-refractivity contribution in [2.24, 2.45) is 0 Å². The molecule has 2 atom stereocenters. The first-order valence-corrected chi connectivity index (χ1v) is 3.52. The Hall–Kier alpha value is -0.0800. The Bertz CT molecular complexity index is 69.9. The first-order chi connectivity index (χ1) is 4.18. The van der Waals surface area contributed by atoms with Crippen LogP contribution in [0.2, 0.25) is 0 Å². The predicted octanol–water partition coefficient (Wildman–Crippen LogP) is 0.725. The van der Waals surface area contributed by atoms with Crippen LogP contribution in [0.15, 0.2) is 0 Å². The summed E-state index contributed by atoms with van der Waals surface area (Å²) in [4.78, 5) is 2.30. The number of morpholine rings is 1. The average molecular weight is 129 g/mol. The lowest BCUT2D eigenvalue weighted by Gasteiger charge is -2.32. The second kappa shape index (κ2) is 2.67. The van der Waals surface area contributed by atoms with Gasteiger partial charge in [0.05, 0.1) is 12.2 Å². The zero-order valence-electron chi connectivity index (χ0n) is 6.42. The highest BCUT2D eigenvalue weighted by atomic mass is 16.5. The molecule has 0 aromatic heterocycles. The third-order valence-corrected chi connectivity index (χ3v) is 1.60. The molecule has 54 valence electrons. The minimum atomic E-state index is 0.416. The molecule has 1 aliphatic rings. The SMILES string of the molecule is CC1CN(C)C[C@@H](C)O1. The van der Waals surface area contributed by atoms with Gasteiger partial charge in [-0.1, -0.05) is 0 Å². The van der Waals surface area contributed by atoms with E-state index in [4.69, 9.17) is 4.74 Å². The molecule has 2 nitrogen and oxygen atoms in total. The minimum Gasteiger partial charge on any atom is -0.373 e. The largest absolute Gasteiger partial charge is 0.373 e. The first kappa shape index (κ1) is 7.03. The zero-order chi connectivity index (χ0) is 6.85. The van der Waals surface area contributed by atoms with E-state index in [-0.39, 0.29) is 0 Å². The van der Waals surface area contributed by atoms with Crippen LogP contribution in [0.5, 0.6) is 0 Å². The van der Waals surface area contributed by atoms with Crippen LogP contribution >= 0.6 is 0 Å². The molecule has 0 saturated carbocycles. The van der Waals surface area contributed by atoms with Crippen LogP contribution < -0.4 is 0 Å². The summed E-state index contributed by atoms with van der Waals surface area (Å²) in [7, 11) is 2.13. The molecule has 0 spiro atoms. The van der Waals surface area contributed by atoms with Crippen LogP contribution in [0.25, 0.3) is 0 Å². The van der Waals surface area contributed by atoms with Gasteiger partial charge in [0.1, 0.15) is 0 Å². The van der Waals surface area contributed by atoms with Crippen molar-refractivity contribution in [2.45, 2.75) is 26.1 Å². The Kier molecular flexibility index (Phi) is 2.09. The molecule has 0 N–H and O–H groups in total. The number of likely N-dealkylation sites (N-methyl/N-ethyl adjacent to an activating group) is 1. The lowest BCUT2D eigenvalue weighted by atomic mass is 10.2. The number of nitrogens with zero attached hydrogens (tertiary/aromatic N) is 1. The summed E-state index contributed by atoms with van der Waals surface area (Å²) in [5, 5.41) is 0. The minimum absolute atomic E-state index is 0.416. The van der Waals surface area contributed by atoms with Crippen LogP contribution in [0.4, 0.5) is 0 Å². The van der Waals surface area contributed by atoms with E-state index < -0.39 is 0 Å². The van der Waals surface area contributed by atoms with Gasteiger partial charge in [-0.25, -0.2) is 0 Å². The third-order valence-electron chi connectivity index (χ3n) is 1.60. The number of ether oxygens (including phenoxy) is 1. The van der Waals surface area contributed by atoms with Crippen LogP contribution in [0, 0.1) is 0 Å². The van der Waals surface area contributed by atoms with Crippen LogP contribution in [0.1, 0.15) is 13.8 Å². The Morgan fingerprint density at radius 2 is 1.67 bits per heavy atom. The smallest absolute Gasteiger partial charge is 0.0678 e. The van der Waals surface area contributed by atoms with Crippen molar-refractivity contribution in [1.29, 1.82) is 0 Å². The Labute approximate surface area is 56.8 Å². The molecule has 0 bridgehead atoms. The number of rotatable bonds is 0. The second-order valence-corrected chi connectivity index (χ2v) is 2.98. The molecule has 1 aliphatic heterocycles. The molecule has 9 heavy (non-hydrogen) atoms. The van der Waals surface area contributed by atoms with Gasteiger partial charge < -0.3 is 9.64 Å². The van der Waals surface area contributed by atoms with Gasteiger partial charge in [0, 0.05) is 13.1 Å². The molecular weight excluding hydrogens is 114 g/mol. The van der Waals surface area contributed by atoms with Crippen molar-refractivity contribution in [3.05, 3.63) is 0 Å². The van der Waals surface area contributed by atoms with Gasteiger partial charge in [-0.3, -0.25) is 0 Å². The molecule has 1 rings (SSSR count). The maximum atomic E-state index is 5.51. The van der Waals surface area contributed by atoms with Crippen LogP contribution in [0.3, 0.4) is 0 Å². The molecule has 0 radical (unpaired) electrons. The molecule has 1 fully saturated rings. The molecule has 1 unspecified atom stereocenters. The van der Waals surface area contributed by atoms with E-state index in [1.807, 2.05) is 0 Å². The summed E-state index contributed by atoms with van der Waals surface area (Å²) < 4.78 is 5.51. The Balaban J connectivity index is 2.34. The molecule has 0 amide bonds. The van der Waals surface area contributed by atoms with Crippen LogP contribution in [-0.2, 0) is 4.74 Å². The van der Waals surface area contributed by atoms with Gasteiger partial charge in [-0.15, -0.1) is 0 Å². The quantitative estimate of drug-likeness (QED) is 0.478. The van der Waals surface area contributed by atoms with E-state index in [2.05, 4.69) is 25.8 Å². The molecule has 1 saturated heterocycles. The Morgan fingerprint density at radius 3 is 2.00 bits per heavy atom. The highest BCUT2D eigenvalue weighted by Gasteiger charge is 2.18. The first-order valence-electron chi connectivity index (χ1n) is 3.52. The lowest BCUT2D eigenvalue weighted by Crippen LogP contribution is -2.42. The van der Waals surface area contributed by atoms with Crippen molar-refractivity contribution in [3.8, 4) is 0 Å². The third kappa shape index (κ3) is 1.95. The van der Waals surface area contributed by atoms with Crippen LogP contribution in [-0.4, -0.2) is 37.2 Å². The van der Waals surface area contributed by atoms with E-state index in [0.717, 1.165) is 13.1 Å². The van der Waals surface area contributed by atoms with E-state index >= 15 is 0 Å². The zero-order valence-corrected chi connectivity index (χ0v) is 6.42. The average Bonchev–Trinajstić information content (AvgIpc) is 1.59. The fourth-order valence-electron chi connectivity index (χ4n) is 1.44. The summed E-state index contributed by atoms with van der Waals surface area (Å²) >= 11 is 0. The molecule has 0 aliphatic carbocycles. The van der Waals surface area contributed by atoms with E-state index in [1.165, 1.54) is 0 Å². The van der Waals surface area contributed by atoms with E-state index in [0.29, 0.717) is 12.2 Å². The molecule has 1 heterocycles. The lowest BCUT2D eigenvalue weighted by molar-refractivity contribution is -0.0602. The van der Waals surface area contributed by atoms with Gasteiger partial charge in [-0.2, -0.15) is 0 Å². The normalized spacial score (nSPS) is 39.0. The van der Waals surface area contributed by atoms with Gasteiger partial charge in [-0.05, 0) is 20.9 Å². The summed E-state index contributed by atoms with van der Waals surface area (Å²) in [6.45, 7) is 6.38. The molecular formula is C7H15NO. The number of hydrogen-bond acceptors (Lipinski definition) is 2. The van der Waals surface area contributed by atoms with E-state index in [1.54, 1.807) is 0 Å². The Morgan fingerprint density at radius 1 is 1.22 bits per heavy atom. The van der Waals surface area contributed by atoms with Gasteiger partial charge in [0.25, 0.3) is 0 Å². The molecule has 0 aromatic carbocycles. The van der Waals surface area contributed by atoms with Crippen molar-refractivity contribution in [3.63, 3.8) is 0 Å². The summed E-state index contributed by atoms with van der Waals surface area (Å²) in [5.41, 5.74) is 0. The van der Waals surface area contributed by atoms with Crippen molar-refractivity contribution in [1.82, 2.24) is 4.90 Å².